The van der Waals surface area contributed by atoms with Gasteiger partial charge in [-0.15, -0.1) is 0 Å². The van der Waals surface area contributed by atoms with Crippen LogP contribution in [0.15, 0.2) is 103 Å². The number of fused-ring (bicyclic) bond motifs is 2. The Morgan fingerprint density at radius 1 is 0.688 bits per heavy atom. The van der Waals surface area contributed by atoms with E-state index >= 15 is 14.4 Å². The minimum atomic E-state index is -1.80. The van der Waals surface area contributed by atoms with Crippen molar-refractivity contribution in [2.75, 3.05) is 33.3 Å². The second-order valence-electron chi connectivity index (χ2n) is 24.4. The van der Waals surface area contributed by atoms with Crippen LogP contribution >= 0.6 is 0 Å². The van der Waals surface area contributed by atoms with Crippen LogP contribution in [-0.4, -0.2) is 199 Å². The number of hydrogen-bond donors (Lipinski definition) is 16. The number of carbonyl (C=O) groups excluding carboxylic acids is 11. The number of hydrogen-bond acceptors (Lipinski definition) is 15. The van der Waals surface area contributed by atoms with Crippen LogP contribution in [0, 0.1) is 5.92 Å². The van der Waals surface area contributed by atoms with Gasteiger partial charge in [0.25, 0.3) is 0 Å². The Bertz CT molecular complexity index is 3790. The van der Waals surface area contributed by atoms with Gasteiger partial charge in [-0.1, -0.05) is 62.4 Å². The zero-order chi connectivity index (χ0) is 69.2. The Balaban J connectivity index is 1.06. The fraction of sp³-hybridized carbons (Fsp3) is 0.431. The van der Waals surface area contributed by atoms with Crippen molar-refractivity contribution in [1.82, 2.24) is 72.3 Å². The molecular weight excluding hydrogens is 1240 g/mol. The molecule has 0 radical (unpaired) electrons. The summed E-state index contributed by atoms with van der Waals surface area (Å²) >= 11 is 0. The highest BCUT2D eigenvalue weighted by molar-refractivity contribution is 6.00. The van der Waals surface area contributed by atoms with Crippen LogP contribution in [0.5, 0.6) is 5.75 Å². The molecule has 96 heavy (non-hydrogen) atoms. The molecule has 0 bridgehead atoms. The number of aromatic hydroxyl groups is 1. The summed E-state index contributed by atoms with van der Waals surface area (Å²) in [6.07, 6.45) is 6.58. The summed E-state index contributed by atoms with van der Waals surface area (Å²) in [7, 11) is 1.40. The molecule has 6 aromatic rings. The van der Waals surface area contributed by atoms with Gasteiger partial charge in [0.1, 0.15) is 60.1 Å². The highest BCUT2D eigenvalue weighted by Gasteiger charge is 2.42. The molecule has 5 heterocycles. The predicted octanol–water partition coefficient (Wildman–Crippen LogP) is -1.95. The van der Waals surface area contributed by atoms with E-state index in [1.165, 1.54) is 53.6 Å². The van der Waals surface area contributed by atoms with Crippen molar-refractivity contribution in [1.29, 1.82) is 0 Å². The average molecular weight is 1330 g/mol. The summed E-state index contributed by atoms with van der Waals surface area (Å²) < 4.78 is 0. The molecule has 19 N–H and O–H groups in total. The Morgan fingerprint density at radius 3 is 1.77 bits per heavy atom. The van der Waals surface area contributed by atoms with E-state index in [1.807, 2.05) is 19.9 Å². The third-order valence-electron chi connectivity index (χ3n) is 16.8. The summed E-state index contributed by atoms with van der Waals surface area (Å²) in [4.78, 5) is 174. The molecule has 8 rings (SSSR count). The molecule has 2 saturated heterocycles. The van der Waals surface area contributed by atoms with E-state index in [4.69, 9.17) is 17.2 Å². The molecule has 0 saturated carbocycles. The fourth-order valence-electron chi connectivity index (χ4n) is 11.9. The normalized spacial score (nSPS) is 16.6. The van der Waals surface area contributed by atoms with Crippen molar-refractivity contribution < 1.29 is 63.0 Å². The van der Waals surface area contributed by atoms with Crippen molar-refractivity contribution in [2.45, 2.75) is 139 Å². The molecular formula is C65H84N18O13. The van der Waals surface area contributed by atoms with Gasteiger partial charge in [-0.2, -0.15) is 0 Å². The number of aliphatic hydroxyl groups is 1. The van der Waals surface area contributed by atoms with Gasteiger partial charge in [0.2, 0.25) is 65.0 Å². The SMILES string of the molecule is CC(C)C[C@H](NC(=O)[C@@H](Cc1c[nH]c2ccccc12)NC(=O)[C@H](Cc1ccc(O)cc1)NC(=O)[C@H](CO)NC(=O)[C@H](Cc1c[nH]c2ccccc12)NC(=O)[C@H](Cc1cnc[nH]1)NC(=O)[C@@H]1CCC(=O)N1)C(=O)N(C)[C@@H](CCCN=C(N)N)C(=O)N1CCC[C@H]1C(=O)NCC(N)=O. The van der Waals surface area contributed by atoms with E-state index in [1.54, 1.807) is 54.9 Å². The lowest BCUT2D eigenvalue weighted by molar-refractivity contribution is -0.149. The molecule has 512 valence electrons. The first-order valence-electron chi connectivity index (χ1n) is 31.7. The van der Waals surface area contributed by atoms with Crippen molar-refractivity contribution >= 4 is 92.7 Å². The molecule has 0 spiro atoms. The third kappa shape index (κ3) is 19.2. The van der Waals surface area contributed by atoms with Crippen LogP contribution in [0.25, 0.3) is 21.8 Å². The summed E-state index contributed by atoms with van der Waals surface area (Å²) in [5, 5.41) is 43.9. The van der Waals surface area contributed by atoms with Crippen LogP contribution in [-0.2, 0) is 78.4 Å². The number of likely N-dealkylation sites (tertiary alicyclic amines) is 1. The largest absolute Gasteiger partial charge is 0.508 e. The van der Waals surface area contributed by atoms with E-state index in [9.17, 15) is 48.6 Å². The number of aromatic nitrogens is 4. The number of aliphatic hydroxyl groups excluding tert-OH is 1. The summed E-state index contributed by atoms with van der Waals surface area (Å²) in [5.41, 5.74) is 19.9. The molecule has 31 nitrogen and oxygen atoms in total. The van der Waals surface area contributed by atoms with Crippen molar-refractivity contribution in [3.8, 4) is 5.75 Å². The number of aliphatic imine (C=N–C) groups is 1. The molecule has 3 aromatic heterocycles. The lowest BCUT2D eigenvalue weighted by atomic mass is 9.98. The number of amides is 11. The first-order chi connectivity index (χ1) is 46.0. The van der Waals surface area contributed by atoms with Gasteiger partial charge in [-0.25, -0.2) is 4.98 Å². The Labute approximate surface area is 552 Å². The lowest BCUT2D eigenvalue weighted by Gasteiger charge is -2.35. The number of para-hydroxylation sites is 2. The van der Waals surface area contributed by atoms with Crippen molar-refractivity contribution in [3.05, 3.63) is 120 Å². The van der Waals surface area contributed by atoms with Crippen molar-refractivity contribution in [3.63, 3.8) is 0 Å². The summed E-state index contributed by atoms with van der Waals surface area (Å²) in [6, 6.07) is 7.88. The number of primary amides is 1. The van der Waals surface area contributed by atoms with Gasteiger partial charge in [0.05, 0.1) is 19.5 Å². The number of benzene rings is 3. The number of carbonyl (C=O) groups is 11. The third-order valence-corrected chi connectivity index (χ3v) is 16.8. The molecule has 11 amide bonds. The maximum Gasteiger partial charge on any atom is 0.246 e. The molecule has 2 fully saturated rings. The zero-order valence-corrected chi connectivity index (χ0v) is 53.5. The Morgan fingerprint density at radius 2 is 1.24 bits per heavy atom. The first kappa shape index (κ1) is 71.0. The van der Waals surface area contributed by atoms with Gasteiger partial charge in [-0.05, 0) is 85.4 Å². The maximum atomic E-state index is 15.2. The quantitative estimate of drug-likeness (QED) is 0.0121. The number of nitrogens with zero attached hydrogens (tertiary/aromatic N) is 4. The molecule has 0 unspecified atom stereocenters. The number of nitrogens with one attached hydrogen (secondary N) is 11. The maximum absolute atomic E-state index is 15.2. The van der Waals surface area contributed by atoms with E-state index in [0.29, 0.717) is 50.6 Å². The summed E-state index contributed by atoms with van der Waals surface area (Å²) in [5.74, 6) is -8.88. The molecule has 3 aromatic carbocycles. The predicted molar refractivity (Wildman–Crippen MR) is 351 cm³/mol. The number of guanidine groups is 1. The fourth-order valence-corrected chi connectivity index (χ4v) is 11.9. The van der Waals surface area contributed by atoms with E-state index in [2.05, 4.69) is 67.5 Å². The van der Waals surface area contributed by atoms with Gasteiger partial charge in [0.15, 0.2) is 5.96 Å². The number of H-pyrrole nitrogens is 3. The van der Waals surface area contributed by atoms with Crippen LogP contribution in [0.3, 0.4) is 0 Å². The number of aromatic amines is 3. The molecule has 31 heteroatoms. The van der Waals surface area contributed by atoms with Crippen LogP contribution in [0.1, 0.15) is 81.2 Å². The van der Waals surface area contributed by atoms with Crippen LogP contribution < -0.4 is 59.7 Å². The van der Waals surface area contributed by atoms with Gasteiger partial charge in [-0.3, -0.25) is 57.7 Å². The highest BCUT2D eigenvalue weighted by Crippen LogP contribution is 2.25. The average Bonchev–Trinajstić information content (AvgIpc) is 1.58. The van der Waals surface area contributed by atoms with E-state index in [0.717, 1.165) is 0 Å². The number of phenols is 1. The van der Waals surface area contributed by atoms with E-state index in [-0.39, 0.29) is 101 Å². The minimum absolute atomic E-state index is 0.0153. The molecule has 0 aliphatic carbocycles. The number of nitrogens with two attached hydrogens (primary N) is 3. The smallest absolute Gasteiger partial charge is 0.246 e. The number of imidazole rings is 1. The van der Waals surface area contributed by atoms with E-state index < -0.39 is 127 Å². The second-order valence-corrected chi connectivity index (χ2v) is 24.4. The number of phenolic OH excluding ortho intramolecular Hbond substituents is 1. The Hall–Kier alpha value is -10.8. The van der Waals surface area contributed by atoms with Crippen molar-refractivity contribution in [2.24, 2.45) is 28.1 Å². The zero-order valence-electron chi connectivity index (χ0n) is 53.5. The molecule has 2 aliphatic heterocycles. The second kappa shape index (κ2) is 33.3. The van der Waals surface area contributed by atoms with Gasteiger partial charge in [0, 0.05) is 98.3 Å². The lowest BCUT2D eigenvalue weighted by Crippen LogP contribution is -2.61. The number of rotatable bonds is 33. The first-order valence-corrected chi connectivity index (χ1v) is 31.7. The minimum Gasteiger partial charge on any atom is -0.508 e. The highest BCUT2D eigenvalue weighted by atomic mass is 16.3. The number of likely N-dealkylation sites (N-methyl/N-ethyl adjacent to an activating group) is 1. The monoisotopic (exact) mass is 1320 g/mol. The summed E-state index contributed by atoms with van der Waals surface area (Å²) in [6.45, 7) is 2.37. The van der Waals surface area contributed by atoms with Crippen LogP contribution in [0.4, 0.5) is 0 Å². The standard InChI is InChI=1S/C65H84N18O13/c1-35(2)24-50(63(95)82(3)53(14-8-22-70-65(67)68)64(96)83-23-9-15-52(83)62(94)73-32-54(66)86)80-58(90)47(26-37-29-71-43-12-6-4-10-41(37)43)77-57(89)46(25-36-16-18-40(85)19-17-36)76-61(93)51(33-84)81-59(91)48(27-38-30-72-44-13-7-5-11-42(38)44)78-60(92)49(28-39-31-69-34-74-39)79-56(88)45-20-21-55(87)75-45/h4-7,10-13,16-19,29-31,34-35,45-53,71-72,84-85H,8-9,14-15,20-28,32-33H2,1-3H3,(H2,66,86)(H,69,74)(H,73,94)(H,75,87)(H,76,93)(H,77,89)(H,78,92)(H,79,88)(H,80,90)(H,81,91)(H4,67,68,70)/t45-,46-,47+,48-,49-,50-,51-,52-,53-/m0/s1. The van der Waals surface area contributed by atoms with Gasteiger partial charge < -0.3 is 94.7 Å². The van der Waals surface area contributed by atoms with Crippen LogP contribution in [0.2, 0.25) is 0 Å². The molecule has 9 atom stereocenters. The van der Waals surface area contributed by atoms with Gasteiger partial charge >= 0.3 is 0 Å². The Kier molecular flexibility index (Phi) is 24.6. The topological polar surface area (TPSA) is 482 Å². The molecule has 2 aliphatic rings.